The fourth-order valence-corrected chi connectivity index (χ4v) is 1.70. The Morgan fingerprint density at radius 2 is 2.11 bits per heavy atom. The van der Waals surface area contributed by atoms with Crippen molar-refractivity contribution in [1.29, 1.82) is 0 Å². The summed E-state index contributed by atoms with van der Waals surface area (Å²) in [5, 5.41) is -0.107. The number of ketones is 1. The molecule has 0 amide bonds. The third-order valence-electron chi connectivity index (χ3n) is 1.73. The summed E-state index contributed by atoms with van der Waals surface area (Å²) < 4.78 is 0. The quantitative estimate of drug-likeness (QED) is 0.544. The lowest BCUT2D eigenvalue weighted by Gasteiger charge is -2.34. The first-order chi connectivity index (χ1) is 4.13. The number of hydrogen-bond acceptors (Lipinski definition) is 1. The molecule has 0 saturated heterocycles. The Bertz CT molecular complexity index is 135. The van der Waals surface area contributed by atoms with Crippen LogP contribution in [0.15, 0.2) is 0 Å². The van der Waals surface area contributed by atoms with Crippen molar-refractivity contribution in [2.24, 2.45) is 5.92 Å². The molecule has 1 nitrogen and oxygen atoms in total. The standard InChI is InChI=1S/C6H8Cl2O/c1-3(9)4-2-5(7)6(4)8/h4-6H,2H2,1H3/t4-,5+,6+/m1/s1. The zero-order valence-electron chi connectivity index (χ0n) is 5.10. The van der Waals surface area contributed by atoms with Gasteiger partial charge in [-0.15, -0.1) is 23.2 Å². The average molecular weight is 167 g/mol. The maximum absolute atomic E-state index is 10.6. The van der Waals surface area contributed by atoms with E-state index in [9.17, 15) is 4.79 Å². The van der Waals surface area contributed by atoms with E-state index in [2.05, 4.69) is 0 Å². The lowest BCUT2D eigenvalue weighted by Crippen LogP contribution is -2.42. The second-order valence-electron chi connectivity index (χ2n) is 2.41. The van der Waals surface area contributed by atoms with Crippen LogP contribution in [0.3, 0.4) is 0 Å². The molecule has 0 N–H and O–H groups in total. The van der Waals surface area contributed by atoms with Crippen molar-refractivity contribution < 1.29 is 4.79 Å². The van der Waals surface area contributed by atoms with Gasteiger partial charge >= 0.3 is 0 Å². The highest BCUT2D eigenvalue weighted by molar-refractivity contribution is 6.32. The molecule has 1 saturated carbocycles. The van der Waals surface area contributed by atoms with E-state index >= 15 is 0 Å². The third kappa shape index (κ3) is 1.22. The van der Waals surface area contributed by atoms with Gasteiger partial charge < -0.3 is 0 Å². The van der Waals surface area contributed by atoms with Crippen molar-refractivity contribution in [2.75, 3.05) is 0 Å². The second-order valence-corrected chi connectivity index (χ2v) is 3.48. The molecule has 1 rings (SSSR count). The molecule has 0 aliphatic heterocycles. The molecule has 0 aromatic heterocycles. The number of alkyl halides is 2. The maximum atomic E-state index is 10.6. The molecule has 0 aromatic carbocycles. The number of Topliss-reactive ketones (excluding diaryl/α,β-unsaturated/α-hetero) is 1. The molecule has 52 valence electrons. The van der Waals surface area contributed by atoms with Crippen molar-refractivity contribution in [2.45, 2.75) is 24.1 Å². The number of carbonyl (C=O) groups excluding carboxylic acids is 1. The zero-order valence-corrected chi connectivity index (χ0v) is 6.62. The van der Waals surface area contributed by atoms with Crippen LogP contribution in [0.25, 0.3) is 0 Å². The minimum absolute atomic E-state index is 0.0144. The van der Waals surface area contributed by atoms with E-state index in [1.807, 2.05) is 0 Å². The SMILES string of the molecule is CC(=O)[C@H]1C[C@H](Cl)[C@H]1Cl. The van der Waals surface area contributed by atoms with E-state index in [0.29, 0.717) is 0 Å². The summed E-state index contributed by atoms with van der Waals surface area (Å²) in [7, 11) is 0. The highest BCUT2D eigenvalue weighted by Crippen LogP contribution is 2.37. The van der Waals surface area contributed by atoms with Gasteiger partial charge in [-0.25, -0.2) is 0 Å². The predicted molar refractivity (Wildman–Crippen MR) is 38.1 cm³/mol. The van der Waals surface area contributed by atoms with E-state index in [0.717, 1.165) is 6.42 Å². The zero-order chi connectivity index (χ0) is 7.02. The summed E-state index contributed by atoms with van der Waals surface area (Å²) >= 11 is 11.4. The Morgan fingerprint density at radius 3 is 2.22 bits per heavy atom. The predicted octanol–water partition coefficient (Wildman–Crippen LogP) is 1.81. The summed E-state index contributed by atoms with van der Waals surface area (Å²) in [6, 6.07) is 0. The van der Waals surface area contributed by atoms with Crippen LogP contribution >= 0.6 is 23.2 Å². The summed E-state index contributed by atoms with van der Waals surface area (Å²) in [6.07, 6.45) is 0.755. The highest BCUT2D eigenvalue weighted by Gasteiger charge is 2.40. The van der Waals surface area contributed by atoms with Crippen molar-refractivity contribution in [3.05, 3.63) is 0 Å². The Hall–Kier alpha value is 0.250. The van der Waals surface area contributed by atoms with Gasteiger partial charge in [0.05, 0.1) is 10.8 Å². The van der Waals surface area contributed by atoms with Crippen molar-refractivity contribution in [3.63, 3.8) is 0 Å². The van der Waals surface area contributed by atoms with Crippen LogP contribution in [0.2, 0.25) is 0 Å². The van der Waals surface area contributed by atoms with Crippen molar-refractivity contribution in [3.8, 4) is 0 Å². The van der Waals surface area contributed by atoms with Gasteiger partial charge in [0.15, 0.2) is 0 Å². The van der Waals surface area contributed by atoms with Gasteiger partial charge in [-0.1, -0.05) is 0 Å². The first-order valence-corrected chi connectivity index (χ1v) is 3.79. The van der Waals surface area contributed by atoms with E-state index in [4.69, 9.17) is 23.2 Å². The van der Waals surface area contributed by atoms with E-state index < -0.39 is 0 Å². The van der Waals surface area contributed by atoms with E-state index in [-0.39, 0.29) is 22.5 Å². The fraction of sp³-hybridized carbons (Fsp3) is 0.833. The number of halogens is 2. The Labute approximate surface area is 64.3 Å². The fourth-order valence-electron chi connectivity index (χ4n) is 0.949. The molecule has 0 radical (unpaired) electrons. The van der Waals surface area contributed by atoms with Crippen LogP contribution < -0.4 is 0 Å². The molecule has 0 unspecified atom stereocenters. The van der Waals surface area contributed by atoms with Gasteiger partial charge in [0.25, 0.3) is 0 Å². The van der Waals surface area contributed by atoms with Crippen LogP contribution in [0.5, 0.6) is 0 Å². The second kappa shape index (κ2) is 2.47. The number of carbonyl (C=O) groups is 1. The van der Waals surface area contributed by atoms with Crippen molar-refractivity contribution >= 4 is 29.0 Å². The van der Waals surface area contributed by atoms with Crippen LogP contribution in [0.1, 0.15) is 13.3 Å². The summed E-state index contributed by atoms with van der Waals surface area (Å²) in [5.74, 6) is 0.182. The smallest absolute Gasteiger partial charge is 0.134 e. The lowest BCUT2D eigenvalue weighted by molar-refractivity contribution is -0.122. The van der Waals surface area contributed by atoms with Gasteiger partial charge in [0.1, 0.15) is 5.78 Å². The molecular formula is C6H8Cl2O. The maximum Gasteiger partial charge on any atom is 0.134 e. The molecule has 1 aliphatic carbocycles. The number of rotatable bonds is 1. The van der Waals surface area contributed by atoms with Crippen LogP contribution in [0.4, 0.5) is 0 Å². The van der Waals surface area contributed by atoms with Gasteiger partial charge in [-0.3, -0.25) is 4.79 Å². The third-order valence-corrected chi connectivity index (χ3v) is 2.92. The van der Waals surface area contributed by atoms with Crippen LogP contribution in [-0.2, 0) is 4.79 Å². The van der Waals surface area contributed by atoms with Crippen LogP contribution in [0, 0.1) is 5.92 Å². The summed E-state index contributed by atoms with van der Waals surface area (Å²) in [4.78, 5) is 10.6. The van der Waals surface area contributed by atoms with Crippen molar-refractivity contribution in [1.82, 2.24) is 0 Å². The monoisotopic (exact) mass is 166 g/mol. The van der Waals surface area contributed by atoms with Gasteiger partial charge in [-0.05, 0) is 13.3 Å². The number of hydrogen-bond donors (Lipinski definition) is 0. The van der Waals surface area contributed by atoms with E-state index in [1.54, 1.807) is 6.92 Å². The molecular weight excluding hydrogens is 159 g/mol. The molecule has 0 bridgehead atoms. The molecule has 0 heterocycles. The molecule has 0 spiro atoms. The average Bonchev–Trinajstić information content (AvgIpc) is 1.81. The van der Waals surface area contributed by atoms with Gasteiger partial charge in [0.2, 0.25) is 0 Å². The Kier molecular flexibility index (Phi) is 2.02. The molecule has 1 fully saturated rings. The Balaban J connectivity index is 2.42. The normalized spacial score (nSPS) is 41.9. The largest absolute Gasteiger partial charge is 0.300 e. The first-order valence-electron chi connectivity index (χ1n) is 2.91. The minimum Gasteiger partial charge on any atom is -0.300 e. The minimum atomic E-state index is -0.121. The Morgan fingerprint density at radius 1 is 1.56 bits per heavy atom. The van der Waals surface area contributed by atoms with E-state index in [1.165, 1.54) is 0 Å². The molecule has 0 aromatic rings. The van der Waals surface area contributed by atoms with Gasteiger partial charge in [0, 0.05) is 5.92 Å². The highest BCUT2D eigenvalue weighted by atomic mass is 35.5. The summed E-state index contributed by atoms with van der Waals surface area (Å²) in [6.45, 7) is 1.56. The first kappa shape index (κ1) is 7.36. The molecule has 9 heavy (non-hydrogen) atoms. The molecule has 3 atom stereocenters. The summed E-state index contributed by atoms with van der Waals surface area (Å²) in [5.41, 5.74) is 0. The molecule has 3 heteroatoms. The topological polar surface area (TPSA) is 17.1 Å². The lowest BCUT2D eigenvalue weighted by atomic mass is 9.81. The van der Waals surface area contributed by atoms with Crippen LogP contribution in [-0.4, -0.2) is 16.5 Å². The molecule has 1 aliphatic rings. The van der Waals surface area contributed by atoms with Gasteiger partial charge in [-0.2, -0.15) is 0 Å².